The van der Waals surface area contributed by atoms with E-state index in [9.17, 15) is 13.2 Å². The van der Waals surface area contributed by atoms with E-state index in [2.05, 4.69) is 5.32 Å². The molecule has 2 bridgehead atoms. The van der Waals surface area contributed by atoms with Crippen LogP contribution in [0.4, 0.5) is 0 Å². The molecule has 1 aromatic heterocycles. The lowest BCUT2D eigenvalue weighted by Crippen LogP contribution is -2.32. The first-order valence-corrected chi connectivity index (χ1v) is 8.86. The molecule has 116 valence electrons. The molecule has 0 spiro atoms. The Morgan fingerprint density at radius 2 is 2.19 bits per heavy atom. The number of nitrogens with one attached hydrogen (secondary N) is 1. The van der Waals surface area contributed by atoms with Crippen molar-refractivity contribution in [3.8, 4) is 0 Å². The third-order valence-corrected chi connectivity index (χ3v) is 5.83. The highest BCUT2D eigenvalue weighted by atomic mass is 32.2. The fourth-order valence-electron chi connectivity index (χ4n) is 3.86. The average Bonchev–Trinajstić information content (AvgIpc) is 3.09. The summed E-state index contributed by atoms with van der Waals surface area (Å²) in [7, 11) is -2.14. The van der Waals surface area contributed by atoms with Crippen LogP contribution in [0.2, 0.25) is 0 Å². The van der Waals surface area contributed by atoms with Crippen molar-refractivity contribution in [1.82, 2.24) is 9.88 Å². The van der Waals surface area contributed by atoms with Gasteiger partial charge in [-0.15, -0.1) is 0 Å². The molecule has 0 aliphatic heterocycles. The number of fused-ring (bicyclic) bond motifs is 2. The van der Waals surface area contributed by atoms with Crippen LogP contribution >= 0.6 is 0 Å². The maximum Gasteiger partial charge on any atom is 0.267 e. The first-order valence-electron chi connectivity index (χ1n) is 7.32. The molecule has 3 atom stereocenters. The summed E-state index contributed by atoms with van der Waals surface area (Å²) in [4.78, 5) is 12.2. The standard InChI is InChI=1S/C14H21N3O3S/c1-17-8-12(21(15,19)20)6-13(17)14(18)16-7-11-5-9-2-3-10(11)4-9/h6,8-11H,2-5,7H2,1H3,(H,16,18)(H2,15,19,20). The molecule has 0 aromatic carbocycles. The zero-order valence-electron chi connectivity index (χ0n) is 12.1. The van der Waals surface area contributed by atoms with Crippen LogP contribution in [-0.2, 0) is 17.1 Å². The van der Waals surface area contributed by atoms with Gasteiger partial charge in [0.1, 0.15) is 10.6 Å². The van der Waals surface area contributed by atoms with Gasteiger partial charge in [-0.05, 0) is 43.1 Å². The predicted molar refractivity (Wildman–Crippen MR) is 78.1 cm³/mol. The molecule has 0 radical (unpaired) electrons. The van der Waals surface area contributed by atoms with E-state index >= 15 is 0 Å². The summed E-state index contributed by atoms with van der Waals surface area (Å²) in [5.74, 6) is 1.94. The van der Waals surface area contributed by atoms with Crippen LogP contribution in [0.25, 0.3) is 0 Å². The van der Waals surface area contributed by atoms with Crippen molar-refractivity contribution in [3.63, 3.8) is 0 Å². The third kappa shape index (κ3) is 2.85. The highest BCUT2D eigenvalue weighted by molar-refractivity contribution is 7.89. The number of rotatable bonds is 4. The Hall–Kier alpha value is -1.34. The Kier molecular flexibility index (Phi) is 3.57. The quantitative estimate of drug-likeness (QED) is 0.862. The van der Waals surface area contributed by atoms with Gasteiger partial charge in [-0.1, -0.05) is 6.42 Å². The summed E-state index contributed by atoms with van der Waals surface area (Å²) in [5, 5.41) is 8.02. The van der Waals surface area contributed by atoms with Gasteiger partial charge in [-0.25, -0.2) is 13.6 Å². The van der Waals surface area contributed by atoms with Gasteiger partial charge < -0.3 is 9.88 Å². The Morgan fingerprint density at radius 3 is 2.71 bits per heavy atom. The van der Waals surface area contributed by atoms with E-state index in [1.165, 1.54) is 42.5 Å². The second-order valence-corrected chi connectivity index (χ2v) is 7.92. The summed E-state index contributed by atoms with van der Waals surface area (Å²) in [6, 6.07) is 1.32. The van der Waals surface area contributed by atoms with Gasteiger partial charge in [0.2, 0.25) is 10.0 Å². The van der Waals surface area contributed by atoms with Gasteiger partial charge in [0, 0.05) is 19.8 Å². The number of carbonyl (C=O) groups excluding carboxylic acids is 1. The van der Waals surface area contributed by atoms with Crippen molar-refractivity contribution in [1.29, 1.82) is 0 Å². The smallest absolute Gasteiger partial charge is 0.267 e. The van der Waals surface area contributed by atoms with E-state index < -0.39 is 10.0 Å². The molecule has 2 aliphatic carbocycles. The Morgan fingerprint density at radius 1 is 1.43 bits per heavy atom. The van der Waals surface area contributed by atoms with Gasteiger partial charge in [0.25, 0.3) is 5.91 Å². The number of hydrogen-bond donors (Lipinski definition) is 2. The minimum atomic E-state index is -3.78. The number of primary sulfonamides is 1. The fraction of sp³-hybridized carbons (Fsp3) is 0.643. The molecule has 3 rings (SSSR count). The van der Waals surface area contributed by atoms with Crippen molar-refractivity contribution in [2.45, 2.75) is 30.6 Å². The second-order valence-electron chi connectivity index (χ2n) is 6.36. The van der Waals surface area contributed by atoms with Crippen molar-refractivity contribution < 1.29 is 13.2 Å². The lowest BCUT2D eigenvalue weighted by molar-refractivity contribution is 0.0933. The van der Waals surface area contributed by atoms with Crippen molar-refractivity contribution in [3.05, 3.63) is 18.0 Å². The Bertz CT molecular complexity index is 665. The number of aryl methyl sites for hydroxylation is 1. The average molecular weight is 311 g/mol. The van der Waals surface area contributed by atoms with Crippen LogP contribution in [0.3, 0.4) is 0 Å². The fourth-order valence-corrected chi connectivity index (χ4v) is 4.44. The normalized spacial score (nSPS) is 28.0. The number of amides is 1. The van der Waals surface area contributed by atoms with Crippen LogP contribution in [-0.4, -0.2) is 25.4 Å². The van der Waals surface area contributed by atoms with Gasteiger partial charge in [-0.2, -0.15) is 0 Å². The van der Waals surface area contributed by atoms with E-state index in [4.69, 9.17) is 5.14 Å². The highest BCUT2D eigenvalue weighted by Gasteiger charge is 2.39. The molecule has 1 amide bonds. The molecule has 6 nitrogen and oxygen atoms in total. The Balaban J connectivity index is 1.64. The maximum absolute atomic E-state index is 12.2. The van der Waals surface area contributed by atoms with Crippen molar-refractivity contribution in [2.24, 2.45) is 29.9 Å². The molecule has 1 aromatic rings. The van der Waals surface area contributed by atoms with Crippen LogP contribution < -0.4 is 10.5 Å². The second kappa shape index (κ2) is 5.14. The zero-order valence-corrected chi connectivity index (χ0v) is 12.9. The first-order chi connectivity index (χ1) is 9.84. The molecule has 21 heavy (non-hydrogen) atoms. The van der Waals surface area contributed by atoms with Crippen LogP contribution in [0.15, 0.2) is 17.2 Å². The topological polar surface area (TPSA) is 94.2 Å². The minimum Gasteiger partial charge on any atom is -0.350 e. The van der Waals surface area contributed by atoms with Crippen LogP contribution in [0, 0.1) is 17.8 Å². The predicted octanol–water partition coefficient (Wildman–Crippen LogP) is 0.838. The van der Waals surface area contributed by atoms with Gasteiger partial charge in [0.15, 0.2) is 0 Å². The molecular formula is C14H21N3O3S. The highest BCUT2D eigenvalue weighted by Crippen LogP contribution is 2.47. The molecule has 2 saturated carbocycles. The molecule has 2 fully saturated rings. The molecule has 7 heteroatoms. The lowest BCUT2D eigenvalue weighted by atomic mass is 9.89. The zero-order chi connectivity index (χ0) is 15.2. The van der Waals surface area contributed by atoms with Crippen molar-refractivity contribution in [2.75, 3.05) is 6.54 Å². The summed E-state index contributed by atoms with van der Waals surface area (Å²) in [6.45, 7) is 0.676. The SMILES string of the molecule is Cn1cc(S(N)(=O)=O)cc1C(=O)NCC1CC2CCC1C2. The molecule has 3 unspecified atom stereocenters. The van der Waals surface area contributed by atoms with Crippen molar-refractivity contribution >= 4 is 15.9 Å². The minimum absolute atomic E-state index is 0.0323. The first kappa shape index (κ1) is 14.6. The van der Waals surface area contributed by atoms with E-state index in [1.807, 2.05) is 0 Å². The molecule has 2 aliphatic rings. The number of nitrogens with two attached hydrogens (primary N) is 1. The lowest BCUT2D eigenvalue weighted by Gasteiger charge is -2.21. The largest absolute Gasteiger partial charge is 0.350 e. The third-order valence-electron chi connectivity index (χ3n) is 4.95. The van der Waals surface area contributed by atoms with E-state index in [0.29, 0.717) is 18.2 Å². The molecular weight excluding hydrogens is 290 g/mol. The Labute approximate surface area is 124 Å². The number of nitrogens with zero attached hydrogens (tertiary/aromatic N) is 1. The number of sulfonamides is 1. The summed E-state index contributed by atoms with van der Waals surface area (Å²) in [6.07, 6.45) is 6.50. The molecule has 0 saturated heterocycles. The number of hydrogen-bond acceptors (Lipinski definition) is 3. The van der Waals surface area contributed by atoms with E-state index in [-0.39, 0.29) is 10.8 Å². The maximum atomic E-state index is 12.2. The summed E-state index contributed by atoms with van der Waals surface area (Å²) >= 11 is 0. The van der Waals surface area contributed by atoms with E-state index in [1.54, 1.807) is 7.05 Å². The number of aromatic nitrogens is 1. The van der Waals surface area contributed by atoms with E-state index in [0.717, 1.165) is 11.8 Å². The summed E-state index contributed by atoms with van der Waals surface area (Å²) in [5.41, 5.74) is 0.321. The van der Waals surface area contributed by atoms with Gasteiger partial charge in [-0.3, -0.25) is 4.79 Å². The molecule has 1 heterocycles. The number of carbonyl (C=O) groups is 1. The van der Waals surface area contributed by atoms with Gasteiger partial charge >= 0.3 is 0 Å². The summed E-state index contributed by atoms with van der Waals surface area (Å²) < 4.78 is 24.1. The van der Waals surface area contributed by atoms with Gasteiger partial charge in [0.05, 0.1) is 0 Å². The van der Waals surface area contributed by atoms with Crippen LogP contribution in [0.1, 0.15) is 36.2 Å². The monoisotopic (exact) mass is 311 g/mol. The molecule has 3 N–H and O–H groups in total. The van der Waals surface area contributed by atoms with Crippen LogP contribution in [0.5, 0.6) is 0 Å².